The lowest BCUT2D eigenvalue weighted by atomic mass is 9.42. The summed E-state index contributed by atoms with van der Waals surface area (Å²) in [4.78, 5) is 37.6. The molecule has 30 heavy (non-hydrogen) atoms. The summed E-state index contributed by atoms with van der Waals surface area (Å²) in [5, 5.41) is 11.4. The van der Waals surface area contributed by atoms with Crippen LogP contribution in [0.2, 0.25) is 0 Å². The van der Waals surface area contributed by atoms with Crippen molar-refractivity contribution in [2.45, 2.75) is 59.5 Å². The molecule has 162 valence electrons. The second-order valence-corrected chi connectivity index (χ2v) is 11.4. The number of cyclic esters (lactones) is 1. The minimum Gasteiger partial charge on any atom is -0.458 e. The van der Waals surface area contributed by atoms with Crippen LogP contribution in [0.15, 0.2) is 23.8 Å². The maximum Gasteiger partial charge on any atom is 0.331 e. The number of rotatable bonds is 1. The molecule has 5 rings (SSSR count). The number of hydrogen-bond acceptors (Lipinski definition) is 5. The van der Waals surface area contributed by atoms with Crippen LogP contribution in [0.4, 0.5) is 0 Å². The van der Waals surface area contributed by atoms with Crippen molar-refractivity contribution in [3.8, 4) is 0 Å². The van der Waals surface area contributed by atoms with Crippen LogP contribution in [0, 0.1) is 45.8 Å². The molecule has 4 aliphatic carbocycles. The minimum atomic E-state index is -0.589. The third kappa shape index (κ3) is 2.41. The molecular formula is C25H32O5. The molecule has 0 spiro atoms. The topological polar surface area (TPSA) is 80.7 Å². The van der Waals surface area contributed by atoms with Crippen molar-refractivity contribution in [2.75, 3.05) is 6.61 Å². The van der Waals surface area contributed by atoms with Gasteiger partial charge in [-0.05, 0) is 65.4 Å². The van der Waals surface area contributed by atoms with E-state index in [2.05, 4.69) is 19.9 Å². The van der Waals surface area contributed by atoms with Crippen LogP contribution >= 0.6 is 0 Å². The van der Waals surface area contributed by atoms with E-state index in [0.717, 1.165) is 18.4 Å². The number of allylic oxidation sites excluding steroid dienone is 2. The number of Topliss-reactive ketones (excluding diaryl/α,β-unsaturated/α-hetero) is 1. The van der Waals surface area contributed by atoms with Gasteiger partial charge in [-0.25, -0.2) is 4.79 Å². The smallest absolute Gasteiger partial charge is 0.331 e. The molecule has 5 aliphatic rings. The van der Waals surface area contributed by atoms with Gasteiger partial charge in [-0.2, -0.15) is 0 Å². The quantitative estimate of drug-likeness (QED) is 0.669. The van der Waals surface area contributed by atoms with Gasteiger partial charge in [-0.3, -0.25) is 9.59 Å². The first kappa shape index (κ1) is 20.2. The zero-order chi connectivity index (χ0) is 21.6. The van der Waals surface area contributed by atoms with Gasteiger partial charge < -0.3 is 9.84 Å². The van der Waals surface area contributed by atoms with E-state index in [4.69, 9.17) is 4.74 Å². The molecule has 0 amide bonds. The van der Waals surface area contributed by atoms with Crippen molar-refractivity contribution in [2.24, 2.45) is 45.8 Å². The molecule has 0 aromatic heterocycles. The average Bonchev–Trinajstić information content (AvgIpc) is 3.21. The lowest BCUT2D eigenvalue weighted by Crippen LogP contribution is -2.61. The van der Waals surface area contributed by atoms with Crippen molar-refractivity contribution < 1.29 is 24.2 Å². The Kier molecular flexibility index (Phi) is 4.14. The molecule has 8 atom stereocenters. The van der Waals surface area contributed by atoms with Gasteiger partial charge in [0.25, 0.3) is 0 Å². The fourth-order valence-corrected chi connectivity index (χ4v) is 8.25. The minimum absolute atomic E-state index is 0.0139. The molecule has 0 unspecified atom stereocenters. The Bertz CT molecular complexity index is 897. The molecule has 0 bridgehead atoms. The van der Waals surface area contributed by atoms with E-state index in [-0.39, 0.29) is 64.6 Å². The Morgan fingerprint density at radius 3 is 2.53 bits per heavy atom. The summed E-state index contributed by atoms with van der Waals surface area (Å²) in [5.74, 6) is -0.0232. The first-order valence-corrected chi connectivity index (χ1v) is 11.3. The number of ether oxygens (including phenoxy) is 1. The lowest BCUT2D eigenvalue weighted by molar-refractivity contribution is -0.170. The molecule has 1 aliphatic heterocycles. The summed E-state index contributed by atoms with van der Waals surface area (Å²) < 4.78 is 5.15. The summed E-state index contributed by atoms with van der Waals surface area (Å²) in [7, 11) is 0. The zero-order valence-corrected chi connectivity index (χ0v) is 18.3. The van der Waals surface area contributed by atoms with E-state index >= 15 is 0 Å². The fraction of sp³-hybridized carbons (Fsp3) is 0.720. The number of ketones is 2. The maximum absolute atomic E-state index is 13.4. The molecule has 1 heterocycles. The Labute approximate surface area is 177 Å². The molecule has 3 fully saturated rings. The van der Waals surface area contributed by atoms with Crippen molar-refractivity contribution in [1.29, 1.82) is 0 Å². The standard InChI is InChI=1S/C25H32O5/c1-23(2)18-11-16(26)21-14(24(18,3)8-6-19(23)28)5-7-25(4)15(10-17(27)22(21)25)13-9-20(29)30-12-13/h6,8-9,14-16,18,21-22,26H,5,7,10-12H2,1-4H3/t14-,15-,16+,18-,21-,22+,24+,25-/m0/s1. The van der Waals surface area contributed by atoms with Gasteiger partial charge >= 0.3 is 5.97 Å². The Hall–Kier alpha value is -1.75. The van der Waals surface area contributed by atoms with E-state index in [1.165, 1.54) is 0 Å². The van der Waals surface area contributed by atoms with Crippen LogP contribution in [-0.4, -0.2) is 35.4 Å². The van der Waals surface area contributed by atoms with Crippen molar-refractivity contribution in [1.82, 2.24) is 0 Å². The monoisotopic (exact) mass is 412 g/mol. The number of aliphatic hydroxyl groups is 1. The highest BCUT2D eigenvalue weighted by molar-refractivity contribution is 5.96. The predicted octanol–water partition coefficient (Wildman–Crippen LogP) is 3.26. The highest BCUT2D eigenvalue weighted by Crippen LogP contribution is 2.68. The lowest BCUT2D eigenvalue weighted by Gasteiger charge is -2.62. The largest absolute Gasteiger partial charge is 0.458 e. The van der Waals surface area contributed by atoms with E-state index in [9.17, 15) is 19.5 Å². The van der Waals surface area contributed by atoms with Crippen LogP contribution in [-0.2, 0) is 19.1 Å². The molecule has 0 aromatic rings. The van der Waals surface area contributed by atoms with Crippen molar-refractivity contribution in [3.63, 3.8) is 0 Å². The molecule has 3 saturated carbocycles. The van der Waals surface area contributed by atoms with Gasteiger partial charge in [0.05, 0.1) is 6.10 Å². The van der Waals surface area contributed by atoms with Gasteiger partial charge in [-0.15, -0.1) is 0 Å². The normalized spacial score (nSPS) is 49.2. The van der Waals surface area contributed by atoms with Crippen LogP contribution in [0.25, 0.3) is 0 Å². The van der Waals surface area contributed by atoms with Gasteiger partial charge in [0.15, 0.2) is 5.78 Å². The molecule has 1 N–H and O–H groups in total. The highest BCUT2D eigenvalue weighted by Gasteiger charge is 2.67. The molecular weight excluding hydrogens is 380 g/mol. The van der Waals surface area contributed by atoms with Crippen molar-refractivity contribution in [3.05, 3.63) is 23.8 Å². The number of fused-ring (bicyclic) bond motifs is 5. The Balaban J connectivity index is 1.55. The predicted molar refractivity (Wildman–Crippen MR) is 110 cm³/mol. The van der Waals surface area contributed by atoms with Gasteiger partial charge in [-0.1, -0.05) is 33.8 Å². The summed E-state index contributed by atoms with van der Waals surface area (Å²) in [5.41, 5.74) is -0.0285. The van der Waals surface area contributed by atoms with Gasteiger partial charge in [0, 0.05) is 23.8 Å². The number of esters is 1. The maximum atomic E-state index is 13.4. The van der Waals surface area contributed by atoms with Crippen LogP contribution < -0.4 is 0 Å². The van der Waals surface area contributed by atoms with E-state index in [1.54, 1.807) is 12.2 Å². The summed E-state index contributed by atoms with van der Waals surface area (Å²) in [6.07, 6.45) is 7.60. The number of hydrogen-bond donors (Lipinski definition) is 1. The van der Waals surface area contributed by atoms with Gasteiger partial charge in [0.2, 0.25) is 0 Å². The SMILES string of the molecule is CC1(C)C(=O)C=C[C@]2(C)[C@H]3CC[C@]4(C)[C@H](C(=O)C[C@H]4C4=CC(=O)OC4)[C@@H]3[C@H](O)C[C@@H]12. The van der Waals surface area contributed by atoms with E-state index in [1.807, 2.05) is 13.8 Å². The Morgan fingerprint density at radius 2 is 1.87 bits per heavy atom. The number of aliphatic hydroxyl groups excluding tert-OH is 1. The number of carbonyl (C=O) groups excluding carboxylic acids is 3. The molecule has 0 aromatic carbocycles. The van der Waals surface area contributed by atoms with E-state index < -0.39 is 11.5 Å². The van der Waals surface area contributed by atoms with Crippen LogP contribution in [0.1, 0.15) is 53.4 Å². The molecule has 5 heteroatoms. The average molecular weight is 413 g/mol. The Morgan fingerprint density at radius 1 is 1.13 bits per heavy atom. The van der Waals surface area contributed by atoms with Crippen molar-refractivity contribution >= 4 is 17.5 Å². The molecule has 0 saturated heterocycles. The van der Waals surface area contributed by atoms with Crippen LogP contribution in [0.5, 0.6) is 0 Å². The highest BCUT2D eigenvalue weighted by atomic mass is 16.5. The van der Waals surface area contributed by atoms with E-state index in [0.29, 0.717) is 12.8 Å². The van der Waals surface area contributed by atoms with Gasteiger partial charge in [0.1, 0.15) is 12.4 Å². The second-order valence-electron chi connectivity index (χ2n) is 11.4. The first-order valence-electron chi connectivity index (χ1n) is 11.3. The van der Waals surface area contributed by atoms with Crippen LogP contribution in [0.3, 0.4) is 0 Å². The third-order valence-corrected chi connectivity index (χ3v) is 9.81. The zero-order valence-electron chi connectivity index (χ0n) is 18.3. The fourth-order valence-electron chi connectivity index (χ4n) is 8.25. The second kappa shape index (κ2) is 6.15. The summed E-state index contributed by atoms with van der Waals surface area (Å²) in [6.45, 7) is 8.70. The summed E-state index contributed by atoms with van der Waals surface area (Å²) >= 11 is 0. The molecule has 0 radical (unpaired) electrons. The number of carbonyl (C=O) groups is 3. The summed E-state index contributed by atoms with van der Waals surface area (Å²) in [6, 6.07) is 0. The first-order chi connectivity index (χ1) is 14.0. The third-order valence-electron chi connectivity index (χ3n) is 9.81. The molecule has 5 nitrogen and oxygen atoms in total.